The van der Waals surface area contributed by atoms with Gasteiger partial charge in [0.05, 0.1) is 19.8 Å². The molecule has 4 heteroatoms. The Hall–Kier alpha value is -2.20. The van der Waals surface area contributed by atoms with Crippen molar-refractivity contribution < 1.29 is 14.2 Å². The van der Waals surface area contributed by atoms with E-state index in [2.05, 4.69) is 18.2 Å². The second-order valence-corrected chi connectivity index (χ2v) is 5.78. The van der Waals surface area contributed by atoms with Crippen LogP contribution in [0.3, 0.4) is 0 Å². The fourth-order valence-electron chi connectivity index (χ4n) is 2.88. The van der Waals surface area contributed by atoms with Crippen LogP contribution in [0.4, 0.5) is 0 Å². The van der Waals surface area contributed by atoms with Crippen LogP contribution in [-0.4, -0.2) is 26.4 Å². The largest absolute Gasteiger partial charge is 0.494 e. The Morgan fingerprint density at radius 3 is 2.16 bits per heavy atom. The fraction of sp³-hybridized carbons (Fsp3) is 0.429. The van der Waals surface area contributed by atoms with Crippen LogP contribution in [0, 0.1) is 0 Å². The van der Waals surface area contributed by atoms with Gasteiger partial charge in [0.2, 0.25) is 0 Å². The van der Waals surface area contributed by atoms with Gasteiger partial charge in [-0.3, -0.25) is 0 Å². The molecule has 0 spiro atoms. The van der Waals surface area contributed by atoms with Gasteiger partial charge in [-0.25, -0.2) is 0 Å². The smallest absolute Gasteiger partial charge is 0.126 e. The van der Waals surface area contributed by atoms with Crippen molar-refractivity contribution in [2.24, 2.45) is 5.73 Å². The molecule has 0 aliphatic heterocycles. The third kappa shape index (κ3) is 5.40. The highest BCUT2D eigenvalue weighted by molar-refractivity contribution is 5.42. The van der Waals surface area contributed by atoms with Gasteiger partial charge >= 0.3 is 0 Å². The number of benzene rings is 2. The van der Waals surface area contributed by atoms with Crippen LogP contribution in [0.25, 0.3) is 0 Å². The van der Waals surface area contributed by atoms with E-state index in [0.29, 0.717) is 26.4 Å². The zero-order chi connectivity index (χ0) is 18.1. The predicted molar refractivity (Wildman–Crippen MR) is 102 cm³/mol. The standard InChI is InChI=1S/C21H29NO3/c1-4-23-19-9-7-8-16(13-19)18(15-22)12-17-10-11-20(24-5-2)14-21(17)25-6-3/h7-11,13-14,18H,4-6,12,15,22H2,1-3H3. The molecule has 2 aromatic carbocycles. The van der Waals surface area contributed by atoms with Crippen LogP contribution in [-0.2, 0) is 6.42 Å². The molecule has 2 aromatic rings. The Bertz CT molecular complexity index is 657. The van der Waals surface area contributed by atoms with Crippen LogP contribution in [0.15, 0.2) is 42.5 Å². The van der Waals surface area contributed by atoms with Gasteiger partial charge in [0.1, 0.15) is 17.2 Å². The molecule has 0 aromatic heterocycles. The summed E-state index contributed by atoms with van der Waals surface area (Å²) in [4.78, 5) is 0. The second-order valence-electron chi connectivity index (χ2n) is 5.78. The number of ether oxygens (including phenoxy) is 3. The molecular weight excluding hydrogens is 314 g/mol. The van der Waals surface area contributed by atoms with E-state index in [9.17, 15) is 0 Å². The Balaban J connectivity index is 2.24. The van der Waals surface area contributed by atoms with Crippen LogP contribution in [0.1, 0.15) is 37.8 Å². The van der Waals surface area contributed by atoms with Crippen molar-refractivity contribution in [2.75, 3.05) is 26.4 Å². The average Bonchev–Trinajstić information content (AvgIpc) is 2.62. The molecule has 0 fully saturated rings. The minimum absolute atomic E-state index is 0.206. The molecule has 2 N–H and O–H groups in total. The Kier molecular flexibility index (Phi) is 7.61. The minimum atomic E-state index is 0.206. The summed E-state index contributed by atoms with van der Waals surface area (Å²) in [7, 11) is 0. The number of rotatable bonds is 10. The van der Waals surface area contributed by atoms with Crippen molar-refractivity contribution in [3.63, 3.8) is 0 Å². The molecule has 0 heterocycles. The predicted octanol–water partition coefficient (Wildman–Crippen LogP) is 4.17. The summed E-state index contributed by atoms with van der Waals surface area (Å²) in [5.74, 6) is 2.79. The number of hydrogen-bond acceptors (Lipinski definition) is 4. The van der Waals surface area contributed by atoms with Gasteiger partial charge in [-0.05, 0) is 63.1 Å². The number of hydrogen-bond donors (Lipinski definition) is 1. The lowest BCUT2D eigenvalue weighted by Gasteiger charge is -2.19. The van der Waals surface area contributed by atoms with Gasteiger partial charge in [0.25, 0.3) is 0 Å². The van der Waals surface area contributed by atoms with Gasteiger partial charge in [-0.15, -0.1) is 0 Å². The molecule has 2 rings (SSSR count). The molecule has 1 atom stereocenters. The van der Waals surface area contributed by atoms with E-state index in [0.717, 1.165) is 29.2 Å². The van der Waals surface area contributed by atoms with E-state index in [1.165, 1.54) is 5.56 Å². The lowest BCUT2D eigenvalue weighted by Crippen LogP contribution is -2.16. The van der Waals surface area contributed by atoms with Gasteiger partial charge in [0.15, 0.2) is 0 Å². The van der Waals surface area contributed by atoms with Crippen LogP contribution < -0.4 is 19.9 Å². The average molecular weight is 343 g/mol. The summed E-state index contributed by atoms with van der Waals surface area (Å²) < 4.78 is 17.0. The van der Waals surface area contributed by atoms with E-state index in [1.54, 1.807) is 0 Å². The maximum Gasteiger partial charge on any atom is 0.126 e. The first kappa shape index (κ1) is 19.1. The summed E-state index contributed by atoms with van der Waals surface area (Å²) in [6.07, 6.45) is 0.813. The molecule has 4 nitrogen and oxygen atoms in total. The lowest BCUT2D eigenvalue weighted by atomic mass is 9.91. The summed E-state index contributed by atoms with van der Waals surface area (Å²) >= 11 is 0. The first-order valence-corrected chi connectivity index (χ1v) is 9.03. The maximum absolute atomic E-state index is 6.07. The first-order chi connectivity index (χ1) is 12.2. The zero-order valence-electron chi connectivity index (χ0n) is 15.5. The zero-order valence-corrected chi connectivity index (χ0v) is 15.5. The third-order valence-electron chi connectivity index (χ3n) is 4.04. The van der Waals surface area contributed by atoms with Gasteiger partial charge in [-0.2, -0.15) is 0 Å². The second kappa shape index (κ2) is 9.94. The lowest BCUT2D eigenvalue weighted by molar-refractivity contribution is 0.320. The van der Waals surface area contributed by atoms with Crippen LogP contribution in [0.2, 0.25) is 0 Å². The van der Waals surface area contributed by atoms with E-state index < -0.39 is 0 Å². The van der Waals surface area contributed by atoms with Crippen molar-refractivity contribution in [3.05, 3.63) is 53.6 Å². The van der Waals surface area contributed by atoms with Crippen molar-refractivity contribution in [3.8, 4) is 17.2 Å². The van der Waals surface area contributed by atoms with Crippen molar-refractivity contribution in [1.82, 2.24) is 0 Å². The SMILES string of the molecule is CCOc1cccc(C(CN)Cc2ccc(OCC)cc2OCC)c1. The molecule has 0 saturated carbocycles. The highest BCUT2D eigenvalue weighted by Gasteiger charge is 2.15. The van der Waals surface area contributed by atoms with Crippen LogP contribution >= 0.6 is 0 Å². The normalized spacial score (nSPS) is 11.8. The Labute approximate surface area is 150 Å². The van der Waals surface area contributed by atoms with E-state index in [-0.39, 0.29) is 5.92 Å². The Morgan fingerprint density at radius 1 is 0.840 bits per heavy atom. The summed E-state index contributed by atoms with van der Waals surface area (Å²) in [5, 5.41) is 0. The topological polar surface area (TPSA) is 53.7 Å². The molecule has 0 saturated heterocycles. The highest BCUT2D eigenvalue weighted by atomic mass is 16.5. The van der Waals surface area contributed by atoms with Crippen molar-refractivity contribution >= 4 is 0 Å². The van der Waals surface area contributed by atoms with Crippen molar-refractivity contribution in [2.45, 2.75) is 33.1 Å². The molecule has 0 radical (unpaired) electrons. The highest BCUT2D eigenvalue weighted by Crippen LogP contribution is 2.31. The molecule has 0 aliphatic carbocycles. The summed E-state index contributed by atoms with van der Waals surface area (Å²) in [6, 6.07) is 14.2. The van der Waals surface area contributed by atoms with E-state index in [1.807, 2.05) is 45.0 Å². The van der Waals surface area contributed by atoms with E-state index >= 15 is 0 Å². The van der Waals surface area contributed by atoms with Crippen LogP contribution in [0.5, 0.6) is 17.2 Å². The Morgan fingerprint density at radius 2 is 1.52 bits per heavy atom. The van der Waals surface area contributed by atoms with Gasteiger partial charge in [0, 0.05) is 12.0 Å². The molecule has 0 aliphatic rings. The van der Waals surface area contributed by atoms with Gasteiger partial charge in [-0.1, -0.05) is 18.2 Å². The molecule has 1 unspecified atom stereocenters. The van der Waals surface area contributed by atoms with E-state index in [4.69, 9.17) is 19.9 Å². The first-order valence-electron chi connectivity index (χ1n) is 9.03. The molecule has 136 valence electrons. The monoisotopic (exact) mass is 343 g/mol. The van der Waals surface area contributed by atoms with Gasteiger partial charge < -0.3 is 19.9 Å². The number of nitrogens with two attached hydrogens (primary N) is 1. The third-order valence-corrected chi connectivity index (χ3v) is 4.04. The quantitative estimate of drug-likeness (QED) is 0.703. The summed E-state index contributed by atoms with van der Waals surface area (Å²) in [5.41, 5.74) is 8.40. The maximum atomic E-state index is 6.07. The van der Waals surface area contributed by atoms with Crippen molar-refractivity contribution in [1.29, 1.82) is 0 Å². The molecular formula is C21H29NO3. The molecule has 0 bridgehead atoms. The molecule has 25 heavy (non-hydrogen) atoms. The molecule has 0 amide bonds. The minimum Gasteiger partial charge on any atom is -0.494 e. The summed E-state index contributed by atoms with van der Waals surface area (Å²) in [6.45, 7) is 8.43. The fourth-order valence-corrected chi connectivity index (χ4v) is 2.88.